The summed E-state index contributed by atoms with van der Waals surface area (Å²) in [6, 6.07) is 82.4. The smallest absolute Gasteiger partial charge is 0.136 e. The van der Waals surface area contributed by atoms with Gasteiger partial charge in [-0.1, -0.05) is 140 Å². The van der Waals surface area contributed by atoms with E-state index in [1.165, 1.54) is 38.4 Å². The zero-order valence-electron chi connectivity index (χ0n) is 32.2. The van der Waals surface area contributed by atoms with Crippen LogP contribution in [0.1, 0.15) is 0 Å². The van der Waals surface area contributed by atoms with Gasteiger partial charge in [0, 0.05) is 44.9 Å². The highest BCUT2D eigenvalue weighted by molar-refractivity contribution is 6.17. The van der Waals surface area contributed by atoms with Gasteiger partial charge in [-0.15, -0.1) is 0 Å². The Morgan fingerprint density at radius 3 is 1.24 bits per heavy atom. The van der Waals surface area contributed by atoms with E-state index in [9.17, 15) is 0 Å². The van der Waals surface area contributed by atoms with Gasteiger partial charge in [0.2, 0.25) is 0 Å². The zero-order chi connectivity index (χ0) is 39.1. The second-order valence-corrected chi connectivity index (χ2v) is 15.0. The summed E-state index contributed by atoms with van der Waals surface area (Å²) in [5, 5.41) is 7.02. The average molecular weight is 755 g/mol. The van der Waals surface area contributed by atoms with E-state index in [0.29, 0.717) is 0 Å². The molecule has 59 heavy (non-hydrogen) atoms. The van der Waals surface area contributed by atoms with Gasteiger partial charge in [-0.05, 0) is 135 Å². The number of fused-ring (bicyclic) bond motifs is 6. The minimum absolute atomic E-state index is 0.908. The fourth-order valence-electron chi connectivity index (χ4n) is 8.49. The van der Waals surface area contributed by atoms with Crippen molar-refractivity contribution in [1.82, 2.24) is 0 Å². The third kappa shape index (κ3) is 6.36. The molecule has 10 aromatic carbocycles. The lowest BCUT2D eigenvalue weighted by Crippen LogP contribution is -2.12. The van der Waals surface area contributed by atoms with E-state index in [2.05, 4.69) is 228 Å². The van der Waals surface area contributed by atoms with Crippen LogP contribution in [-0.2, 0) is 0 Å². The van der Waals surface area contributed by atoms with E-state index in [0.717, 1.165) is 61.4 Å². The van der Waals surface area contributed by atoms with Gasteiger partial charge in [0.1, 0.15) is 11.2 Å². The maximum absolute atomic E-state index is 6.29. The van der Waals surface area contributed by atoms with Crippen molar-refractivity contribution in [2.75, 3.05) is 9.80 Å². The highest BCUT2D eigenvalue weighted by Crippen LogP contribution is 2.42. The third-order valence-corrected chi connectivity index (χ3v) is 11.4. The fraction of sp³-hybridized carbons (Fsp3) is 0. The van der Waals surface area contributed by atoms with Crippen molar-refractivity contribution >= 4 is 77.6 Å². The number of benzene rings is 10. The van der Waals surface area contributed by atoms with Gasteiger partial charge in [0.25, 0.3) is 0 Å². The van der Waals surface area contributed by atoms with Gasteiger partial charge in [-0.25, -0.2) is 0 Å². The zero-order valence-corrected chi connectivity index (χ0v) is 32.2. The SMILES string of the molecule is c1ccc(-c2ccc(N(c3ccccc3)c3ccc(N(c4ccc(-c5ccccc5)cc4)c4ccc5ccc6cc7oc8ccccc8c7cc6c5c4)cc3)cc2)cc1. The maximum Gasteiger partial charge on any atom is 0.136 e. The number of nitrogens with zero attached hydrogens (tertiary/aromatic N) is 2. The van der Waals surface area contributed by atoms with Crippen molar-refractivity contribution in [3.63, 3.8) is 0 Å². The Balaban J connectivity index is 1.03. The quantitative estimate of drug-likeness (QED) is 0.144. The van der Waals surface area contributed by atoms with Crippen LogP contribution in [0.2, 0.25) is 0 Å². The molecule has 0 aliphatic carbocycles. The summed E-state index contributed by atoms with van der Waals surface area (Å²) in [5.41, 5.74) is 13.1. The van der Waals surface area contributed by atoms with Crippen molar-refractivity contribution < 1.29 is 4.42 Å². The molecule has 0 N–H and O–H groups in total. The highest BCUT2D eigenvalue weighted by Gasteiger charge is 2.18. The molecule has 0 atom stereocenters. The molecule has 0 aliphatic heterocycles. The van der Waals surface area contributed by atoms with Gasteiger partial charge >= 0.3 is 0 Å². The summed E-state index contributed by atoms with van der Waals surface area (Å²) in [6.07, 6.45) is 0. The van der Waals surface area contributed by atoms with Crippen LogP contribution in [0.25, 0.3) is 65.7 Å². The van der Waals surface area contributed by atoms with Crippen molar-refractivity contribution in [3.05, 3.63) is 231 Å². The van der Waals surface area contributed by atoms with E-state index in [-0.39, 0.29) is 0 Å². The first-order valence-electron chi connectivity index (χ1n) is 20.1. The molecule has 1 heterocycles. The first kappa shape index (κ1) is 34.4. The number of furan rings is 1. The number of anilines is 6. The Labute approximate surface area is 343 Å². The summed E-state index contributed by atoms with van der Waals surface area (Å²) in [4.78, 5) is 4.68. The lowest BCUT2D eigenvalue weighted by atomic mass is 9.98. The monoisotopic (exact) mass is 754 g/mol. The highest BCUT2D eigenvalue weighted by atomic mass is 16.3. The molecule has 11 rings (SSSR count). The first-order valence-corrected chi connectivity index (χ1v) is 20.1. The summed E-state index contributed by atoms with van der Waals surface area (Å²) in [7, 11) is 0. The van der Waals surface area contributed by atoms with Crippen molar-refractivity contribution in [2.45, 2.75) is 0 Å². The van der Waals surface area contributed by atoms with Crippen LogP contribution in [0.4, 0.5) is 34.1 Å². The van der Waals surface area contributed by atoms with E-state index < -0.39 is 0 Å². The predicted molar refractivity (Wildman–Crippen MR) is 249 cm³/mol. The standard InChI is InChI=1S/C56H38N2O/c1-4-12-39(13-5-1)41-22-27-46(28-23-41)57(45-16-8-3-9-17-45)48-32-34-49(35-33-48)58(47-29-24-42(25-30-47)40-14-6-2-7-15-40)50-31-26-43-20-21-44-36-56-54(38-53(44)52(43)37-50)51-18-10-11-19-55(51)59-56/h1-38H. The molecule has 3 nitrogen and oxygen atoms in total. The first-order chi connectivity index (χ1) is 29.2. The molecular formula is C56H38N2O. The van der Waals surface area contributed by atoms with Gasteiger partial charge in [-0.2, -0.15) is 0 Å². The van der Waals surface area contributed by atoms with Gasteiger partial charge in [0.05, 0.1) is 0 Å². The van der Waals surface area contributed by atoms with Gasteiger partial charge in [0.15, 0.2) is 0 Å². The summed E-state index contributed by atoms with van der Waals surface area (Å²) >= 11 is 0. The molecule has 0 saturated heterocycles. The molecule has 0 fully saturated rings. The third-order valence-electron chi connectivity index (χ3n) is 11.4. The van der Waals surface area contributed by atoms with Crippen LogP contribution in [-0.4, -0.2) is 0 Å². The fourth-order valence-corrected chi connectivity index (χ4v) is 8.49. The minimum atomic E-state index is 0.908. The molecular weight excluding hydrogens is 717 g/mol. The Morgan fingerprint density at radius 1 is 0.237 bits per heavy atom. The van der Waals surface area contributed by atoms with Crippen LogP contribution < -0.4 is 9.80 Å². The largest absolute Gasteiger partial charge is 0.456 e. The Hall–Kier alpha value is -7.88. The second kappa shape index (κ2) is 14.6. The van der Waals surface area contributed by atoms with Gasteiger partial charge < -0.3 is 14.2 Å². The molecule has 0 aliphatic rings. The van der Waals surface area contributed by atoms with E-state index in [1.54, 1.807) is 0 Å². The molecule has 0 saturated carbocycles. The summed E-state index contributed by atoms with van der Waals surface area (Å²) in [5.74, 6) is 0. The Morgan fingerprint density at radius 2 is 0.644 bits per heavy atom. The van der Waals surface area contributed by atoms with Crippen LogP contribution in [0.5, 0.6) is 0 Å². The number of rotatable bonds is 8. The van der Waals surface area contributed by atoms with Crippen LogP contribution in [0.15, 0.2) is 235 Å². The number of para-hydroxylation sites is 2. The Kier molecular flexibility index (Phi) is 8.49. The molecule has 0 amide bonds. The lowest BCUT2D eigenvalue weighted by Gasteiger charge is -2.29. The van der Waals surface area contributed by atoms with Crippen LogP contribution >= 0.6 is 0 Å². The summed E-state index contributed by atoms with van der Waals surface area (Å²) in [6.45, 7) is 0. The molecule has 11 aromatic rings. The lowest BCUT2D eigenvalue weighted by molar-refractivity contribution is 0.669. The molecule has 0 radical (unpaired) electrons. The van der Waals surface area contributed by atoms with Crippen LogP contribution in [0, 0.1) is 0 Å². The van der Waals surface area contributed by atoms with E-state index in [1.807, 2.05) is 12.1 Å². The minimum Gasteiger partial charge on any atom is -0.456 e. The molecule has 0 bridgehead atoms. The second-order valence-electron chi connectivity index (χ2n) is 15.0. The van der Waals surface area contributed by atoms with Crippen molar-refractivity contribution in [2.24, 2.45) is 0 Å². The van der Waals surface area contributed by atoms with E-state index >= 15 is 0 Å². The topological polar surface area (TPSA) is 19.6 Å². The molecule has 0 unspecified atom stereocenters. The maximum atomic E-state index is 6.29. The van der Waals surface area contributed by atoms with Crippen molar-refractivity contribution in [1.29, 1.82) is 0 Å². The van der Waals surface area contributed by atoms with Crippen molar-refractivity contribution in [3.8, 4) is 22.3 Å². The normalized spacial score (nSPS) is 11.4. The average Bonchev–Trinajstić information content (AvgIpc) is 3.68. The Bertz CT molecular complexity index is 3230. The molecule has 278 valence electrons. The molecule has 3 heteroatoms. The number of hydrogen-bond donors (Lipinski definition) is 0. The predicted octanol–water partition coefficient (Wildman–Crippen LogP) is 16.2. The molecule has 1 aromatic heterocycles. The van der Waals surface area contributed by atoms with Gasteiger partial charge in [-0.3, -0.25) is 0 Å². The molecule has 0 spiro atoms. The van der Waals surface area contributed by atoms with E-state index in [4.69, 9.17) is 4.42 Å². The number of hydrogen-bond acceptors (Lipinski definition) is 3. The van der Waals surface area contributed by atoms with Crippen LogP contribution in [0.3, 0.4) is 0 Å². The summed E-state index contributed by atoms with van der Waals surface area (Å²) < 4.78 is 6.29.